The first-order valence-corrected chi connectivity index (χ1v) is 18.1. The van der Waals surface area contributed by atoms with Gasteiger partial charge in [-0.1, -0.05) is 97.1 Å². The average molecular weight is 708 g/mol. The van der Waals surface area contributed by atoms with E-state index in [0.29, 0.717) is 17.2 Å². The van der Waals surface area contributed by atoms with Gasteiger partial charge in [0.15, 0.2) is 5.82 Å². The van der Waals surface area contributed by atoms with Crippen molar-refractivity contribution in [3.63, 3.8) is 0 Å². The Labute approximate surface area is 314 Å². The van der Waals surface area contributed by atoms with Gasteiger partial charge in [0, 0.05) is 43.8 Å². The molecule has 7 nitrogen and oxygen atoms in total. The summed E-state index contributed by atoms with van der Waals surface area (Å²) in [5.41, 5.74) is 14.1. The summed E-state index contributed by atoms with van der Waals surface area (Å²) >= 11 is 0. The Bertz CT molecular complexity index is 3130. The van der Waals surface area contributed by atoms with Gasteiger partial charge in [0.25, 0.3) is 0 Å². The Morgan fingerprint density at radius 1 is 0.491 bits per heavy atom. The van der Waals surface area contributed by atoms with Gasteiger partial charge < -0.3 is 8.83 Å². The lowest BCUT2D eigenvalue weighted by Crippen LogP contribution is -2.18. The Hall–Kier alpha value is -7.64. The minimum Gasteiger partial charge on any atom is -0.456 e. The van der Waals surface area contributed by atoms with Gasteiger partial charge in [-0.05, 0) is 83.1 Å². The number of fused-ring (bicyclic) bond motifs is 9. The summed E-state index contributed by atoms with van der Waals surface area (Å²) in [7, 11) is 0. The molecule has 0 saturated carbocycles. The third-order valence-corrected chi connectivity index (χ3v) is 10.4. The number of allylic oxidation sites excluding steroid dienone is 1. The normalized spacial score (nSPS) is 13.5. The number of para-hydroxylation sites is 3. The fourth-order valence-corrected chi connectivity index (χ4v) is 7.65. The number of hydrogen-bond acceptors (Lipinski definition) is 7. The quantitative estimate of drug-likeness (QED) is 0.173. The van der Waals surface area contributed by atoms with Gasteiger partial charge in [0.2, 0.25) is 0 Å². The van der Waals surface area contributed by atoms with E-state index in [1.807, 2.05) is 84.9 Å². The molecule has 0 radical (unpaired) electrons. The maximum Gasteiger partial charge on any atom is 0.160 e. The molecular formula is C48H29N5O2. The third kappa shape index (κ3) is 5.21. The highest BCUT2D eigenvalue weighted by molar-refractivity contribution is 6.55. The Kier molecular flexibility index (Phi) is 6.87. The van der Waals surface area contributed by atoms with Crippen molar-refractivity contribution >= 4 is 77.8 Å². The van der Waals surface area contributed by atoms with Crippen molar-refractivity contribution in [2.24, 2.45) is 5.10 Å². The summed E-state index contributed by atoms with van der Waals surface area (Å²) < 4.78 is 12.6. The molecule has 0 atom stereocenters. The van der Waals surface area contributed by atoms with E-state index in [1.165, 1.54) is 0 Å². The molecule has 1 aliphatic rings. The molecule has 0 saturated heterocycles. The van der Waals surface area contributed by atoms with E-state index >= 15 is 0 Å². The fourth-order valence-electron chi connectivity index (χ4n) is 7.65. The van der Waals surface area contributed by atoms with Gasteiger partial charge in [0.05, 0.1) is 22.8 Å². The first-order valence-electron chi connectivity index (χ1n) is 18.1. The molecule has 0 fully saturated rings. The second-order valence-electron chi connectivity index (χ2n) is 13.7. The maximum atomic E-state index is 9.28. The van der Waals surface area contributed by atoms with Crippen molar-refractivity contribution < 1.29 is 8.83 Å². The molecule has 55 heavy (non-hydrogen) atoms. The van der Waals surface area contributed by atoms with Gasteiger partial charge in [-0.3, -0.25) is 10.8 Å². The highest BCUT2D eigenvalue weighted by Crippen LogP contribution is 2.37. The molecule has 3 heterocycles. The standard InChI is InChI=1S/C48H29N5O2/c49-47-39(53-52-33-8-2-1-3-9-33)23-20-29-16-14-28-15-17-32(24-38(28)46(29)47)48-50-40(30-18-21-36-34-10-4-6-12-42(34)54-44(36)25-30)27-41(51-48)31-19-22-37-35-11-5-7-13-43(35)55-45(37)26-31/h1-27,49,52H/b49-47?,53-39-. The summed E-state index contributed by atoms with van der Waals surface area (Å²) in [6.45, 7) is 0. The van der Waals surface area contributed by atoms with E-state index in [1.54, 1.807) is 0 Å². The summed E-state index contributed by atoms with van der Waals surface area (Å²) in [5.74, 6) is 0.568. The van der Waals surface area contributed by atoms with Gasteiger partial charge in [0.1, 0.15) is 28.0 Å². The fraction of sp³-hybridized carbons (Fsp3) is 0. The van der Waals surface area contributed by atoms with E-state index in [4.69, 9.17) is 18.8 Å². The third-order valence-electron chi connectivity index (χ3n) is 10.4. The molecule has 1 aliphatic carbocycles. The number of rotatable bonds is 5. The molecule has 0 aliphatic heterocycles. The van der Waals surface area contributed by atoms with Crippen LogP contribution >= 0.6 is 0 Å². The van der Waals surface area contributed by atoms with Crippen LogP contribution in [0.2, 0.25) is 0 Å². The lowest BCUT2D eigenvalue weighted by molar-refractivity contribution is 0.668. The van der Waals surface area contributed by atoms with Gasteiger partial charge in [-0.25, -0.2) is 9.97 Å². The minimum absolute atomic E-state index is 0.345. The number of aromatic nitrogens is 2. The van der Waals surface area contributed by atoms with Crippen molar-refractivity contribution in [2.75, 3.05) is 5.43 Å². The molecule has 2 N–H and O–H groups in total. The Morgan fingerprint density at radius 3 is 1.75 bits per heavy atom. The van der Waals surface area contributed by atoms with Crippen LogP contribution < -0.4 is 5.43 Å². The number of benzene rings is 7. The predicted molar refractivity (Wildman–Crippen MR) is 224 cm³/mol. The van der Waals surface area contributed by atoms with Crippen LogP contribution in [0.1, 0.15) is 11.1 Å². The summed E-state index contributed by atoms with van der Waals surface area (Å²) in [4.78, 5) is 10.4. The average Bonchev–Trinajstić information content (AvgIpc) is 3.81. The Morgan fingerprint density at radius 2 is 1.07 bits per heavy atom. The molecule has 11 rings (SSSR count). The number of anilines is 1. The summed E-state index contributed by atoms with van der Waals surface area (Å²) in [5, 5.41) is 20.1. The summed E-state index contributed by atoms with van der Waals surface area (Å²) in [6.07, 6.45) is 3.90. The monoisotopic (exact) mass is 707 g/mol. The largest absolute Gasteiger partial charge is 0.456 e. The second kappa shape index (κ2) is 12.2. The minimum atomic E-state index is 0.345. The molecule has 0 unspecified atom stereocenters. The molecule has 258 valence electrons. The molecular weight excluding hydrogens is 679 g/mol. The molecule has 10 aromatic rings. The molecule has 0 amide bonds. The summed E-state index contributed by atoms with van der Waals surface area (Å²) in [6, 6.07) is 50.8. The lowest BCUT2D eigenvalue weighted by atomic mass is 9.88. The first kappa shape index (κ1) is 30.9. The Balaban J connectivity index is 1.07. The van der Waals surface area contributed by atoms with Gasteiger partial charge in [-0.15, -0.1) is 0 Å². The van der Waals surface area contributed by atoms with E-state index in [0.717, 1.165) is 99.5 Å². The van der Waals surface area contributed by atoms with Gasteiger partial charge >= 0.3 is 0 Å². The highest BCUT2D eigenvalue weighted by atomic mass is 16.3. The second-order valence-corrected chi connectivity index (χ2v) is 13.7. The number of furan rings is 2. The van der Waals surface area contributed by atoms with Crippen molar-refractivity contribution in [3.8, 4) is 33.9 Å². The molecule has 7 heteroatoms. The van der Waals surface area contributed by atoms with Crippen LogP contribution in [0.4, 0.5) is 5.69 Å². The van der Waals surface area contributed by atoms with Crippen molar-refractivity contribution in [1.29, 1.82) is 5.41 Å². The van der Waals surface area contributed by atoms with Crippen LogP contribution in [0.5, 0.6) is 0 Å². The number of nitrogens with zero attached hydrogens (tertiary/aromatic N) is 3. The van der Waals surface area contributed by atoms with E-state index < -0.39 is 0 Å². The van der Waals surface area contributed by atoms with E-state index in [2.05, 4.69) is 89.4 Å². The maximum absolute atomic E-state index is 9.28. The van der Waals surface area contributed by atoms with Crippen molar-refractivity contribution in [1.82, 2.24) is 9.97 Å². The van der Waals surface area contributed by atoms with Crippen molar-refractivity contribution in [2.45, 2.75) is 0 Å². The van der Waals surface area contributed by atoms with Crippen LogP contribution in [-0.2, 0) is 0 Å². The zero-order valence-corrected chi connectivity index (χ0v) is 29.2. The zero-order valence-electron chi connectivity index (χ0n) is 29.2. The van der Waals surface area contributed by atoms with Crippen molar-refractivity contribution in [3.05, 3.63) is 169 Å². The number of nitrogens with one attached hydrogen (secondary N) is 2. The zero-order chi connectivity index (χ0) is 36.5. The molecule has 0 bridgehead atoms. The van der Waals surface area contributed by atoms with Crippen LogP contribution in [-0.4, -0.2) is 21.4 Å². The van der Waals surface area contributed by atoms with Crippen LogP contribution in [0.15, 0.2) is 172 Å². The lowest BCUT2D eigenvalue weighted by Gasteiger charge is -2.17. The molecule has 7 aromatic carbocycles. The smallest absolute Gasteiger partial charge is 0.160 e. The molecule has 0 spiro atoms. The highest BCUT2D eigenvalue weighted by Gasteiger charge is 2.21. The van der Waals surface area contributed by atoms with E-state index in [-0.39, 0.29) is 0 Å². The first-order chi connectivity index (χ1) is 27.1. The predicted octanol–water partition coefficient (Wildman–Crippen LogP) is 12.3. The SMILES string of the molecule is N=C1/C(=N\Nc2ccccc2)C=Cc2ccc3ccc(-c4nc(-c5ccc6c(c5)oc5ccccc56)cc(-c5ccc6c(c5)oc5ccccc56)n4)cc3c21. The van der Waals surface area contributed by atoms with Crippen LogP contribution in [0.25, 0.3) is 94.6 Å². The van der Waals surface area contributed by atoms with Gasteiger partial charge in [-0.2, -0.15) is 5.10 Å². The molecule has 3 aromatic heterocycles. The van der Waals surface area contributed by atoms with E-state index in [9.17, 15) is 5.41 Å². The van der Waals surface area contributed by atoms with Crippen LogP contribution in [0.3, 0.4) is 0 Å². The number of hydrogen-bond donors (Lipinski definition) is 2. The van der Waals surface area contributed by atoms with Crippen LogP contribution in [0, 0.1) is 5.41 Å². The number of hydrazone groups is 1. The topological polar surface area (TPSA) is 100 Å².